The molecule has 0 spiro atoms. The molecule has 0 saturated carbocycles. The van der Waals surface area contributed by atoms with Gasteiger partial charge in [0.25, 0.3) is 0 Å². The summed E-state index contributed by atoms with van der Waals surface area (Å²) in [7, 11) is 0. The van der Waals surface area contributed by atoms with Crippen LogP contribution in [0.5, 0.6) is 5.75 Å². The van der Waals surface area contributed by atoms with E-state index in [0.29, 0.717) is 17.3 Å². The molecule has 0 bridgehead atoms. The molecule has 2 aromatic rings. The number of ether oxygens (including phenoxy) is 1. The summed E-state index contributed by atoms with van der Waals surface area (Å²) in [5.41, 5.74) is 6.52. The van der Waals surface area contributed by atoms with E-state index < -0.39 is 0 Å². The third-order valence-corrected chi connectivity index (χ3v) is 5.75. The predicted molar refractivity (Wildman–Crippen MR) is 115 cm³/mol. The standard InChI is InChI=1S/C23H27ClN2O4/c1-14(10-18-8-9-21(16(3)15(18)2)30-25-17(4)27)26-12-22(29-23(28)13-26)19-6-5-7-20(24)11-19/h5-9,11,14,22H,10,12-13H2,1-4H3,(H,25,27). The number of esters is 1. The van der Waals surface area contributed by atoms with E-state index in [1.54, 1.807) is 6.07 Å². The number of cyclic esters (lactones) is 1. The minimum absolute atomic E-state index is 0.139. The summed E-state index contributed by atoms with van der Waals surface area (Å²) in [5, 5.41) is 0.626. The van der Waals surface area contributed by atoms with E-state index in [0.717, 1.165) is 23.1 Å². The van der Waals surface area contributed by atoms with Crippen molar-refractivity contribution < 1.29 is 19.2 Å². The number of benzene rings is 2. The third-order valence-electron chi connectivity index (χ3n) is 5.52. The summed E-state index contributed by atoms with van der Waals surface area (Å²) in [6, 6.07) is 11.4. The molecule has 6 nitrogen and oxygen atoms in total. The fraction of sp³-hybridized carbons (Fsp3) is 0.391. The SMILES string of the molecule is CC(=O)NOc1ccc(CC(C)N2CC(=O)OC(c3cccc(Cl)c3)C2)c(C)c1C. The molecule has 1 amide bonds. The van der Waals surface area contributed by atoms with Gasteiger partial charge in [0.15, 0.2) is 5.75 Å². The third kappa shape index (κ3) is 5.32. The van der Waals surface area contributed by atoms with E-state index >= 15 is 0 Å². The summed E-state index contributed by atoms with van der Waals surface area (Å²) in [6.07, 6.45) is 0.450. The fourth-order valence-electron chi connectivity index (χ4n) is 3.65. The number of halogens is 1. The van der Waals surface area contributed by atoms with Crippen molar-refractivity contribution in [2.45, 2.75) is 46.3 Å². The van der Waals surface area contributed by atoms with Crippen molar-refractivity contribution in [3.05, 3.63) is 63.7 Å². The van der Waals surface area contributed by atoms with Crippen LogP contribution in [-0.4, -0.2) is 35.9 Å². The van der Waals surface area contributed by atoms with Crippen molar-refractivity contribution in [3.8, 4) is 5.75 Å². The second-order valence-electron chi connectivity index (χ2n) is 7.75. The van der Waals surface area contributed by atoms with E-state index in [2.05, 4.69) is 17.3 Å². The summed E-state index contributed by atoms with van der Waals surface area (Å²) >= 11 is 6.10. The molecule has 3 rings (SSSR count). The van der Waals surface area contributed by atoms with Crippen molar-refractivity contribution in [2.24, 2.45) is 0 Å². The number of hydrogen-bond acceptors (Lipinski definition) is 5. The fourth-order valence-corrected chi connectivity index (χ4v) is 3.85. The Kier molecular flexibility index (Phi) is 7.00. The first-order valence-electron chi connectivity index (χ1n) is 9.96. The Balaban J connectivity index is 1.71. The first-order valence-corrected chi connectivity index (χ1v) is 10.3. The molecule has 1 N–H and O–H groups in total. The zero-order chi connectivity index (χ0) is 21.8. The summed E-state index contributed by atoms with van der Waals surface area (Å²) in [4.78, 5) is 30.8. The first-order chi connectivity index (χ1) is 14.2. The quantitative estimate of drug-likeness (QED) is 0.555. The number of nitrogens with one attached hydrogen (secondary N) is 1. The molecule has 1 saturated heterocycles. The smallest absolute Gasteiger partial charge is 0.320 e. The first kappa shape index (κ1) is 22.1. The highest BCUT2D eigenvalue weighted by Gasteiger charge is 2.31. The molecule has 1 aliphatic heterocycles. The van der Waals surface area contributed by atoms with Crippen LogP contribution in [-0.2, 0) is 20.7 Å². The average Bonchev–Trinajstić information content (AvgIpc) is 2.70. The normalized spacial score (nSPS) is 17.9. The van der Waals surface area contributed by atoms with Crippen molar-refractivity contribution >= 4 is 23.5 Å². The number of hydrogen-bond donors (Lipinski definition) is 1. The molecule has 1 aliphatic rings. The van der Waals surface area contributed by atoms with Crippen molar-refractivity contribution in [1.29, 1.82) is 0 Å². The molecule has 0 radical (unpaired) electrons. The number of amides is 1. The zero-order valence-electron chi connectivity index (χ0n) is 17.7. The van der Waals surface area contributed by atoms with E-state index in [4.69, 9.17) is 21.2 Å². The minimum atomic E-state index is -0.330. The van der Waals surface area contributed by atoms with Crippen LogP contribution in [0.1, 0.15) is 42.2 Å². The van der Waals surface area contributed by atoms with Gasteiger partial charge in [0, 0.05) is 24.5 Å². The number of hydroxylamine groups is 1. The molecule has 160 valence electrons. The van der Waals surface area contributed by atoms with Crippen LogP contribution in [0.3, 0.4) is 0 Å². The zero-order valence-corrected chi connectivity index (χ0v) is 18.5. The number of carbonyl (C=O) groups excluding carboxylic acids is 2. The number of rotatable bonds is 6. The maximum atomic E-state index is 12.2. The van der Waals surface area contributed by atoms with Gasteiger partial charge in [-0.1, -0.05) is 29.8 Å². The molecule has 1 fully saturated rings. The lowest BCUT2D eigenvalue weighted by atomic mass is 9.96. The van der Waals surface area contributed by atoms with Crippen LogP contribution < -0.4 is 10.3 Å². The molecule has 2 atom stereocenters. The van der Waals surface area contributed by atoms with Gasteiger partial charge in [0.05, 0.1) is 6.54 Å². The Hall–Kier alpha value is -2.57. The highest BCUT2D eigenvalue weighted by molar-refractivity contribution is 6.30. The Labute approximate surface area is 182 Å². The highest BCUT2D eigenvalue weighted by atomic mass is 35.5. The van der Waals surface area contributed by atoms with E-state index in [-0.39, 0.29) is 30.6 Å². The van der Waals surface area contributed by atoms with Crippen LogP contribution in [0.25, 0.3) is 0 Å². The van der Waals surface area contributed by atoms with Gasteiger partial charge in [0.1, 0.15) is 6.10 Å². The van der Waals surface area contributed by atoms with Crippen molar-refractivity contribution in [2.75, 3.05) is 13.1 Å². The Morgan fingerprint density at radius 2 is 2.07 bits per heavy atom. The Morgan fingerprint density at radius 3 is 2.77 bits per heavy atom. The lowest BCUT2D eigenvalue weighted by Gasteiger charge is -2.36. The largest absolute Gasteiger partial charge is 0.455 e. The molecule has 0 aromatic heterocycles. The topological polar surface area (TPSA) is 67.9 Å². The van der Waals surface area contributed by atoms with Crippen LogP contribution >= 0.6 is 11.6 Å². The van der Waals surface area contributed by atoms with Gasteiger partial charge in [-0.25, -0.2) is 0 Å². The van der Waals surface area contributed by atoms with Gasteiger partial charge in [-0.3, -0.25) is 14.5 Å². The Morgan fingerprint density at radius 1 is 1.30 bits per heavy atom. The average molecular weight is 431 g/mol. The minimum Gasteiger partial charge on any atom is -0.455 e. The second-order valence-corrected chi connectivity index (χ2v) is 8.19. The molecule has 7 heteroatoms. The van der Waals surface area contributed by atoms with Crippen LogP contribution in [0.4, 0.5) is 0 Å². The van der Waals surface area contributed by atoms with Crippen LogP contribution in [0.15, 0.2) is 36.4 Å². The van der Waals surface area contributed by atoms with E-state index in [9.17, 15) is 9.59 Å². The highest BCUT2D eigenvalue weighted by Crippen LogP contribution is 2.29. The maximum absolute atomic E-state index is 12.2. The van der Waals surface area contributed by atoms with Gasteiger partial charge < -0.3 is 9.57 Å². The van der Waals surface area contributed by atoms with Crippen molar-refractivity contribution in [1.82, 2.24) is 10.4 Å². The maximum Gasteiger partial charge on any atom is 0.320 e. The van der Waals surface area contributed by atoms with E-state index in [1.807, 2.05) is 44.2 Å². The molecular formula is C23H27ClN2O4. The predicted octanol–water partition coefficient (Wildman–Crippen LogP) is 3.92. The molecule has 1 heterocycles. The van der Waals surface area contributed by atoms with Gasteiger partial charge in [-0.05, 0) is 67.6 Å². The molecule has 30 heavy (non-hydrogen) atoms. The number of morpholine rings is 1. The van der Waals surface area contributed by atoms with Gasteiger partial charge in [0.2, 0.25) is 5.91 Å². The molecule has 2 unspecified atom stereocenters. The lowest BCUT2D eigenvalue weighted by Crippen LogP contribution is -2.46. The number of nitrogens with zero attached hydrogens (tertiary/aromatic N) is 1. The second kappa shape index (κ2) is 9.49. The van der Waals surface area contributed by atoms with Gasteiger partial charge in [-0.2, -0.15) is 5.48 Å². The summed E-state index contributed by atoms with van der Waals surface area (Å²) in [6.45, 7) is 8.41. The van der Waals surface area contributed by atoms with Crippen LogP contribution in [0.2, 0.25) is 5.02 Å². The van der Waals surface area contributed by atoms with Crippen molar-refractivity contribution in [3.63, 3.8) is 0 Å². The van der Waals surface area contributed by atoms with Crippen LogP contribution in [0, 0.1) is 13.8 Å². The molecular weight excluding hydrogens is 404 g/mol. The lowest BCUT2D eigenvalue weighted by molar-refractivity contribution is -0.160. The van der Waals surface area contributed by atoms with Gasteiger partial charge >= 0.3 is 5.97 Å². The summed E-state index contributed by atoms with van der Waals surface area (Å²) in [5.74, 6) is 0.141. The molecule has 0 aliphatic carbocycles. The van der Waals surface area contributed by atoms with E-state index in [1.165, 1.54) is 12.5 Å². The number of carbonyl (C=O) groups is 2. The molecule has 2 aromatic carbocycles. The summed E-state index contributed by atoms with van der Waals surface area (Å²) < 4.78 is 5.57. The van der Waals surface area contributed by atoms with Gasteiger partial charge in [-0.15, -0.1) is 0 Å². The Bertz CT molecular complexity index is 947. The monoisotopic (exact) mass is 430 g/mol.